The van der Waals surface area contributed by atoms with E-state index in [0.717, 1.165) is 36.1 Å². The lowest BCUT2D eigenvalue weighted by molar-refractivity contribution is 0.0937. The summed E-state index contributed by atoms with van der Waals surface area (Å²) in [7, 11) is 1.60. The molecule has 1 aliphatic rings. The van der Waals surface area contributed by atoms with Crippen LogP contribution in [0, 0.1) is 5.92 Å². The van der Waals surface area contributed by atoms with Gasteiger partial charge in [-0.25, -0.2) is 4.79 Å². The summed E-state index contributed by atoms with van der Waals surface area (Å²) in [6.07, 6.45) is 2.20. The second-order valence-electron chi connectivity index (χ2n) is 7.74. The average molecular weight is 489 g/mol. The third-order valence-electron chi connectivity index (χ3n) is 5.32. The Bertz CT molecular complexity index is 896. The van der Waals surface area contributed by atoms with Gasteiger partial charge in [-0.15, -0.1) is 0 Å². The molecule has 0 atom stereocenters. The largest absolute Gasteiger partial charge is 0.383 e. The highest BCUT2D eigenvalue weighted by molar-refractivity contribution is 9.10. The molecule has 8 heteroatoms. The molecule has 7 nitrogen and oxygen atoms in total. The van der Waals surface area contributed by atoms with Gasteiger partial charge in [0.2, 0.25) is 0 Å². The van der Waals surface area contributed by atoms with Crippen LogP contribution < -0.4 is 20.9 Å². The molecule has 0 spiro atoms. The van der Waals surface area contributed by atoms with Crippen molar-refractivity contribution in [3.05, 3.63) is 52.5 Å². The number of nitrogens with zero attached hydrogens (tertiary/aromatic N) is 1. The molecule has 1 heterocycles. The predicted molar refractivity (Wildman–Crippen MR) is 128 cm³/mol. The van der Waals surface area contributed by atoms with E-state index in [0.29, 0.717) is 36.0 Å². The zero-order valence-electron chi connectivity index (χ0n) is 17.9. The molecule has 2 aromatic carbocycles. The number of rotatable bonds is 7. The lowest BCUT2D eigenvalue weighted by Gasteiger charge is -2.33. The van der Waals surface area contributed by atoms with E-state index in [9.17, 15) is 9.59 Å². The number of nitrogens with one attached hydrogen (secondary N) is 3. The molecule has 31 heavy (non-hydrogen) atoms. The van der Waals surface area contributed by atoms with Crippen molar-refractivity contribution in [2.24, 2.45) is 5.92 Å². The van der Waals surface area contributed by atoms with E-state index < -0.39 is 0 Å². The molecule has 3 N–H and O–H groups in total. The van der Waals surface area contributed by atoms with Crippen molar-refractivity contribution < 1.29 is 14.3 Å². The standard InChI is InChI=1S/C23H29BrN4O3/c1-16-9-12-28(13-10-16)21-8-7-19(15-20(21)22(29)25-11-14-31-2)27-23(30)26-18-5-3-17(24)4-6-18/h3-8,15-16H,9-14H2,1-2H3,(H,25,29)(H2,26,27,30). The molecule has 0 radical (unpaired) electrons. The molecule has 3 amide bonds. The van der Waals surface area contributed by atoms with Crippen molar-refractivity contribution in [2.45, 2.75) is 19.8 Å². The van der Waals surface area contributed by atoms with Crippen LogP contribution in [-0.4, -0.2) is 45.3 Å². The number of hydrogen-bond acceptors (Lipinski definition) is 4. The van der Waals surface area contributed by atoms with Crippen molar-refractivity contribution in [3.8, 4) is 0 Å². The van der Waals surface area contributed by atoms with Crippen LogP contribution in [0.5, 0.6) is 0 Å². The van der Waals surface area contributed by atoms with Crippen LogP contribution in [0.2, 0.25) is 0 Å². The van der Waals surface area contributed by atoms with Gasteiger partial charge in [0, 0.05) is 48.3 Å². The summed E-state index contributed by atoms with van der Waals surface area (Å²) in [5.41, 5.74) is 2.67. The van der Waals surface area contributed by atoms with Gasteiger partial charge in [-0.3, -0.25) is 4.79 Å². The van der Waals surface area contributed by atoms with Crippen molar-refractivity contribution in [1.29, 1.82) is 0 Å². The van der Waals surface area contributed by atoms with Gasteiger partial charge in [-0.2, -0.15) is 0 Å². The van der Waals surface area contributed by atoms with E-state index in [1.54, 1.807) is 25.3 Å². The van der Waals surface area contributed by atoms with Crippen molar-refractivity contribution in [2.75, 3.05) is 48.9 Å². The Morgan fingerprint density at radius 2 is 1.71 bits per heavy atom. The maximum atomic E-state index is 12.9. The smallest absolute Gasteiger partial charge is 0.323 e. The number of ether oxygens (including phenoxy) is 1. The quantitative estimate of drug-likeness (QED) is 0.493. The van der Waals surface area contributed by atoms with E-state index >= 15 is 0 Å². The molecule has 0 aliphatic carbocycles. The molecule has 1 aliphatic heterocycles. The summed E-state index contributed by atoms with van der Waals surface area (Å²) in [6, 6.07) is 12.4. The minimum atomic E-state index is -0.368. The fourth-order valence-corrected chi connectivity index (χ4v) is 3.77. The van der Waals surface area contributed by atoms with Gasteiger partial charge >= 0.3 is 6.03 Å². The minimum Gasteiger partial charge on any atom is -0.383 e. The van der Waals surface area contributed by atoms with E-state index in [1.807, 2.05) is 24.3 Å². The van der Waals surface area contributed by atoms with Crippen LogP contribution in [-0.2, 0) is 4.74 Å². The molecule has 2 aromatic rings. The first-order valence-electron chi connectivity index (χ1n) is 10.5. The molecule has 3 rings (SSSR count). The van der Waals surface area contributed by atoms with Gasteiger partial charge in [0.15, 0.2) is 0 Å². The van der Waals surface area contributed by atoms with Gasteiger partial charge in [0.25, 0.3) is 5.91 Å². The van der Waals surface area contributed by atoms with Crippen molar-refractivity contribution in [1.82, 2.24) is 5.32 Å². The van der Waals surface area contributed by atoms with Crippen LogP contribution in [0.4, 0.5) is 21.9 Å². The van der Waals surface area contributed by atoms with Crippen LogP contribution in [0.1, 0.15) is 30.1 Å². The first-order valence-corrected chi connectivity index (χ1v) is 11.3. The summed E-state index contributed by atoms with van der Waals surface area (Å²) >= 11 is 3.37. The van der Waals surface area contributed by atoms with Gasteiger partial charge in [0.05, 0.1) is 12.2 Å². The monoisotopic (exact) mass is 488 g/mol. The zero-order valence-corrected chi connectivity index (χ0v) is 19.5. The number of anilines is 3. The average Bonchev–Trinajstić information content (AvgIpc) is 2.76. The van der Waals surface area contributed by atoms with E-state index in [1.165, 1.54) is 0 Å². The number of carbonyl (C=O) groups excluding carboxylic acids is 2. The fourth-order valence-electron chi connectivity index (χ4n) is 3.51. The first-order chi connectivity index (χ1) is 15.0. The highest BCUT2D eigenvalue weighted by Gasteiger charge is 2.21. The Morgan fingerprint density at radius 1 is 1.06 bits per heavy atom. The second kappa shape index (κ2) is 11.2. The number of carbonyl (C=O) groups is 2. The van der Waals surface area contributed by atoms with E-state index in [-0.39, 0.29) is 11.9 Å². The summed E-state index contributed by atoms with van der Waals surface area (Å²) in [5, 5.41) is 8.50. The molecule has 0 aromatic heterocycles. The fraction of sp³-hybridized carbons (Fsp3) is 0.391. The lowest BCUT2D eigenvalue weighted by atomic mass is 9.98. The highest BCUT2D eigenvalue weighted by atomic mass is 79.9. The van der Waals surface area contributed by atoms with Gasteiger partial charge in [-0.1, -0.05) is 22.9 Å². The number of urea groups is 1. The van der Waals surface area contributed by atoms with Crippen LogP contribution in [0.15, 0.2) is 46.9 Å². The Hall–Kier alpha value is -2.58. The Balaban J connectivity index is 1.75. The Morgan fingerprint density at radius 3 is 2.39 bits per heavy atom. The molecular formula is C23H29BrN4O3. The lowest BCUT2D eigenvalue weighted by Crippen LogP contribution is -2.35. The Kier molecular flexibility index (Phi) is 8.31. The molecule has 1 fully saturated rings. The third-order valence-corrected chi connectivity index (χ3v) is 5.85. The molecule has 0 saturated carbocycles. The first kappa shape index (κ1) is 23.1. The summed E-state index contributed by atoms with van der Waals surface area (Å²) in [4.78, 5) is 27.5. The molecule has 1 saturated heterocycles. The van der Waals surface area contributed by atoms with Gasteiger partial charge in [0.1, 0.15) is 0 Å². The van der Waals surface area contributed by atoms with Crippen molar-refractivity contribution >= 4 is 44.9 Å². The van der Waals surface area contributed by atoms with Gasteiger partial charge in [-0.05, 0) is 61.2 Å². The Labute approximate surface area is 191 Å². The maximum absolute atomic E-state index is 12.9. The molecule has 166 valence electrons. The van der Waals surface area contributed by atoms with E-state index in [2.05, 4.69) is 43.7 Å². The normalized spacial score (nSPS) is 14.2. The maximum Gasteiger partial charge on any atom is 0.323 e. The number of methoxy groups -OCH3 is 1. The highest BCUT2D eigenvalue weighted by Crippen LogP contribution is 2.29. The minimum absolute atomic E-state index is 0.178. The van der Waals surface area contributed by atoms with Crippen LogP contribution in [0.3, 0.4) is 0 Å². The van der Waals surface area contributed by atoms with Crippen molar-refractivity contribution in [3.63, 3.8) is 0 Å². The second-order valence-corrected chi connectivity index (χ2v) is 8.65. The molecule has 0 bridgehead atoms. The van der Waals surface area contributed by atoms with Gasteiger partial charge < -0.3 is 25.6 Å². The topological polar surface area (TPSA) is 82.7 Å². The molecular weight excluding hydrogens is 460 g/mol. The number of halogens is 1. The van der Waals surface area contributed by atoms with E-state index in [4.69, 9.17) is 4.74 Å². The zero-order chi connectivity index (χ0) is 22.2. The number of benzene rings is 2. The molecule has 0 unspecified atom stereocenters. The summed E-state index contributed by atoms with van der Waals surface area (Å²) in [6.45, 7) is 4.95. The van der Waals surface area contributed by atoms with Crippen LogP contribution in [0.25, 0.3) is 0 Å². The number of piperidine rings is 1. The SMILES string of the molecule is COCCNC(=O)c1cc(NC(=O)Nc2ccc(Br)cc2)ccc1N1CCC(C)CC1. The predicted octanol–water partition coefficient (Wildman–Crippen LogP) is 4.71. The third kappa shape index (κ3) is 6.70. The number of amides is 3. The summed E-state index contributed by atoms with van der Waals surface area (Å²) in [5.74, 6) is 0.515. The summed E-state index contributed by atoms with van der Waals surface area (Å²) < 4.78 is 5.97. The van der Waals surface area contributed by atoms with Crippen LogP contribution >= 0.6 is 15.9 Å². The number of hydrogen-bond donors (Lipinski definition) is 3.